The Morgan fingerprint density at radius 1 is 1.50 bits per heavy atom. The van der Waals surface area contributed by atoms with Gasteiger partial charge >= 0.3 is 0 Å². The van der Waals surface area contributed by atoms with Crippen molar-refractivity contribution < 1.29 is 4.79 Å². The third-order valence-electron chi connectivity index (χ3n) is 2.87. The molecule has 74 valence electrons. The van der Waals surface area contributed by atoms with Crippen LogP contribution in [0.4, 0.5) is 0 Å². The number of fused-ring (bicyclic) bond motifs is 1. The molecular formula is C11H14N2O. The van der Waals surface area contributed by atoms with Crippen molar-refractivity contribution in [1.82, 2.24) is 5.32 Å². The van der Waals surface area contributed by atoms with Crippen LogP contribution in [-0.4, -0.2) is 13.0 Å². The second kappa shape index (κ2) is 3.42. The highest BCUT2D eigenvalue weighted by Gasteiger charge is 2.33. The van der Waals surface area contributed by atoms with Crippen LogP contribution < -0.4 is 11.1 Å². The summed E-state index contributed by atoms with van der Waals surface area (Å²) in [4.78, 5) is 11.5. The zero-order valence-corrected chi connectivity index (χ0v) is 8.16. The molecule has 3 heteroatoms. The number of carbonyl (C=O) groups is 1. The van der Waals surface area contributed by atoms with Crippen LogP contribution in [0, 0.1) is 5.92 Å². The molecule has 3 N–H and O–H groups in total. The van der Waals surface area contributed by atoms with E-state index in [-0.39, 0.29) is 17.9 Å². The molecule has 1 aliphatic rings. The highest BCUT2D eigenvalue weighted by atomic mass is 16.1. The van der Waals surface area contributed by atoms with Crippen LogP contribution in [0.3, 0.4) is 0 Å². The summed E-state index contributed by atoms with van der Waals surface area (Å²) in [5.41, 5.74) is 8.32. The number of benzene rings is 1. The van der Waals surface area contributed by atoms with E-state index in [0.29, 0.717) is 0 Å². The third kappa shape index (κ3) is 1.30. The molecule has 2 unspecified atom stereocenters. The molecule has 1 amide bonds. The van der Waals surface area contributed by atoms with E-state index in [2.05, 4.69) is 5.32 Å². The van der Waals surface area contributed by atoms with Gasteiger partial charge in [0.25, 0.3) is 0 Å². The van der Waals surface area contributed by atoms with E-state index in [0.717, 1.165) is 12.0 Å². The first-order valence-corrected chi connectivity index (χ1v) is 4.79. The molecule has 3 nitrogen and oxygen atoms in total. The topological polar surface area (TPSA) is 55.1 Å². The fourth-order valence-corrected chi connectivity index (χ4v) is 2.07. The Hall–Kier alpha value is -1.35. The van der Waals surface area contributed by atoms with Gasteiger partial charge in [0.2, 0.25) is 5.91 Å². The van der Waals surface area contributed by atoms with Gasteiger partial charge in [-0.1, -0.05) is 24.3 Å². The minimum Gasteiger partial charge on any atom is -0.359 e. The smallest absolute Gasteiger partial charge is 0.225 e. The number of hydrogen-bond donors (Lipinski definition) is 2. The van der Waals surface area contributed by atoms with E-state index in [1.807, 2.05) is 24.3 Å². The van der Waals surface area contributed by atoms with Crippen LogP contribution >= 0.6 is 0 Å². The number of nitrogens with two attached hydrogens (primary N) is 1. The van der Waals surface area contributed by atoms with E-state index < -0.39 is 0 Å². The van der Waals surface area contributed by atoms with Gasteiger partial charge < -0.3 is 11.1 Å². The molecule has 0 heterocycles. The Morgan fingerprint density at radius 3 is 2.86 bits per heavy atom. The predicted octanol–water partition coefficient (Wildman–Crippen LogP) is 0.605. The number of nitrogens with one attached hydrogen (secondary N) is 1. The van der Waals surface area contributed by atoms with E-state index >= 15 is 0 Å². The third-order valence-corrected chi connectivity index (χ3v) is 2.87. The first-order chi connectivity index (χ1) is 6.74. The molecule has 0 radical (unpaired) electrons. The van der Waals surface area contributed by atoms with Crippen molar-refractivity contribution in [2.75, 3.05) is 7.05 Å². The molecule has 0 aliphatic heterocycles. The van der Waals surface area contributed by atoms with Gasteiger partial charge in [-0.3, -0.25) is 4.79 Å². The van der Waals surface area contributed by atoms with Gasteiger partial charge in [0.15, 0.2) is 0 Å². The summed E-state index contributed by atoms with van der Waals surface area (Å²) in [6.07, 6.45) is 0.761. The first-order valence-electron chi connectivity index (χ1n) is 4.79. The average molecular weight is 190 g/mol. The van der Waals surface area contributed by atoms with Crippen LogP contribution in [0.15, 0.2) is 24.3 Å². The molecule has 0 spiro atoms. The second-order valence-corrected chi connectivity index (χ2v) is 3.65. The van der Waals surface area contributed by atoms with Gasteiger partial charge in [-0.05, 0) is 17.5 Å². The van der Waals surface area contributed by atoms with Crippen LogP contribution in [0.2, 0.25) is 0 Å². The lowest BCUT2D eigenvalue weighted by Gasteiger charge is -2.13. The Balaban J connectivity index is 2.30. The van der Waals surface area contributed by atoms with Crippen molar-refractivity contribution in [3.63, 3.8) is 0 Å². The zero-order valence-electron chi connectivity index (χ0n) is 8.16. The number of carbonyl (C=O) groups excluding carboxylic acids is 1. The standard InChI is InChI=1S/C11H14N2O/c1-13-11(14)9-6-7-4-2-3-5-8(7)10(9)12/h2-5,9-10H,6,12H2,1H3,(H,13,14). The lowest BCUT2D eigenvalue weighted by Crippen LogP contribution is -2.33. The zero-order chi connectivity index (χ0) is 10.1. The lowest BCUT2D eigenvalue weighted by atomic mass is 10.0. The molecule has 14 heavy (non-hydrogen) atoms. The summed E-state index contributed by atoms with van der Waals surface area (Å²) in [6, 6.07) is 7.84. The fraction of sp³-hybridized carbons (Fsp3) is 0.364. The molecule has 1 aromatic carbocycles. The Bertz CT molecular complexity index is 362. The summed E-state index contributed by atoms with van der Waals surface area (Å²) in [7, 11) is 1.65. The van der Waals surface area contributed by atoms with Crippen LogP contribution in [-0.2, 0) is 11.2 Å². The maximum atomic E-state index is 11.5. The largest absolute Gasteiger partial charge is 0.359 e. The highest BCUT2D eigenvalue weighted by molar-refractivity contribution is 5.80. The highest BCUT2D eigenvalue weighted by Crippen LogP contribution is 2.33. The minimum atomic E-state index is -0.147. The molecule has 1 aromatic rings. The Morgan fingerprint density at radius 2 is 2.21 bits per heavy atom. The summed E-state index contributed by atoms with van der Waals surface area (Å²) in [5, 5.41) is 2.65. The Labute approximate surface area is 83.3 Å². The van der Waals surface area contributed by atoms with Crippen molar-refractivity contribution in [3.05, 3.63) is 35.4 Å². The summed E-state index contributed by atoms with van der Waals surface area (Å²) in [6.45, 7) is 0. The molecule has 2 rings (SSSR count). The van der Waals surface area contributed by atoms with Crippen molar-refractivity contribution >= 4 is 5.91 Å². The Kier molecular flexibility index (Phi) is 2.25. The molecule has 1 aliphatic carbocycles. The minimum absolute atomic E-state index is 0.0358. The van der Waals surface area contributed by atoms with E-state index in [4.69, 9.17) is 5.73 Å². The van der Waals surface area contributed by atoms with E-state index in [1.54, 1.807) is 7.05 Å². The van der Waals surface area contributed by atoms with Gasteiger partial charge in [0, 0.05) is 13.1 Å². The molecule has 2 atom stereocenters. The van der Waals surface area contributed by atoms with Gasteiger partial charge in [-0.2, -0.15) is 0 Å². The fourth-order valence-electron chi connectivity index (χ4n) is 2.07. The van der Waals surface area contributed by atoms with Gasteiger partial charge in [-0.25, -0.2) is 0 Å². The summed E-state index contributed by atoms with van der Waals surface area (Å²) < 4.78 is 0. The summed E-state index contributed by atoms with van der Waals surface area (Å²) >= 11 is 0. The van der Waals surface area contributed by atoms with Gasteiger partial charge in [0.1, 0.15) is 0 Å². The monoisotopic (exact) mass is 190 g/mol. The van der Waals surface area contributed by atoms with E-state index in [1.165, 1.54) is 5.56 Å². The van der Waals surface area contributed by atoms with Crippen LogP contribution in [0.25, 0.3) is 0 Å². The SMILES string of the molecule is CNC(=O)C1Cc2ccccc2C1N. The number of amides is 1. The molecular weight excluding hydrogens is 176 g/mol. The predicted molar refractivity (Wildman–Crippen MR) is 54.6 cm³/mol. The summed E-state index contributed by atoms with van der Waals surface area (Å²) in [5.74, 6) is -0.0638. The number of rotatable bonds is 1. The molecule has 0 saturated carbocycles. The maximum absolute atomic E-state index is 11.5. The van der Waals surface area contributed by atoms with Crippen LogP contribution in [0.5, 0.6) is 0 Å². The maximum Gasteiger partial charge on any atom is 0.225 e. The molecule has 0 bridgehead atoms. The molecule has 0 aromatic heterocycles. The van der Waals surface area contributed by atoms with Crippen molar-refractivity contribution in [1.29, 1.82) is 0 Å². The first kappa shape index (κ1) is 9.21. The van der Waals surface area contributed by atoms with Gasteiger partial charge in [-0.15, -0.1) is 0 Å². The van der Waals surface area contributed by atoms with E-state index in [9.17, 15) is 4.79 Å². The van der Waals surface area contributed by atoms with Crippen molar-refractivity contribution in [3.8, 4) is 0 Å². The number of hydrogen-bond acceptors (Lipinski definition) is 2. The molecule has 0 fully saturated rings. The van der Waals surface area contributed by atoms with Crippen molar-refractivity contribution in [2.24, 2.45) is 11.7 Å². The quantitative estimate of drug-likeness (QED) is 0.681. The van der Waals surface area contributed by atoms with Crippen molar-refractivity contribution in [2.45, 2.75) is 12.5 Å². The molecule has 0 saturated heterocycles. The second-order valence-electron chi connectivity index (χ2n) is 3.65. The van der Waals surface area contributed by atoms with Crippen LogP contribution in [0.1, 0.15) is 17.2 Å². The lowest BCUT2D eigenvalue weighted by molar-refractivity contribution is -0.124. The average Bonchev–Trinajstić information content (AvgIpc) is 2.56. The van der Waals surface area contributed by atoms with Gasteiger partial charge in [0.05, 0.1) is 5.92 Å². The normalized spacial score (nSPS) is 24.4.